The van der Waals surface area contributed by atoms with Crippen molar-refractivity contribution < 1.29 is 13.9 Å². The number of benzene rings is 2. The normalized spacial score (nSPS) is 10.4. The third-order valence-corrected chi connectivity index (χ3v) is 5.03. The van der Waals surface area contributed by atoms with Crippen LogP contribution in [0.25, 0.3) is 10.4 Å². The van der Waals surface area contributed by atoms with Gasteiger partial charge in [0, 0.05) is 35.9 Å². The van der Waals surface area contributed by atoms with E-state index >= 15 is 0 Å². The van der Waals surface area contributed by atoms with Crippen molar-refractivity contribution in [2.24, 2.45) is 0 Å². The SMILES string of the molecule is O=C(CNc1ncc(-c2cccnc2)s1)Nc1ccc(Oc2cccc(F)c2)cc1. The molecule has 8 heteroatoms. The number of amides is 1. The Morgan fingerprint density at radius 2 is 1.90 bits per heavy atom. The van der Waals surface area contributed by atoms with E-state index in [-0.39, 0.29) is 18.3 Å². The Hall–Kier alpha value is -3.78. The van der Waals surface area contributed by atoms with Crippen LogP contribution in [0.2, 0.25) is 0 Å². The van der Waals surface area contributed by atoms with Gasteiger partial charge in [0.2, 0.25) is 5.91 Å². The zero-order valence-electron chi connectivity index (χ0n) is 15.7. The second-order valence-corrected chi connectivity index (χ2v) is 7.29. The van der Waals surface area contributed by atoms with Crippen molar-refractivity contribution in [3.8, 4) is 21.9 Å². The molecule has 0 unspecified atom stereocenters. The van der Waals surface area contributed by atoms with Gasteiger partial charge in [-0.15, -0.1) is 0 Å². The quantitative estimate of drug-likeness (QED) is 0.430. The van der Waals surface area contributed by atoms with Crippen LogP contribution < -0.4 is 15.4 Å². The highest BCUT2D eigenvalue weighted by Crippen LogP contribution is 2.28. The molecule has 4 rings (SSSR count). The molecular weight excluding hydrogens is 403 g/mol. The zero-order chi connectivity index (χ0) is 20.8. The maximum absolute atomic E-state index is 13.2. The van der Waals surface area contributed by atoms with E-state index in [4.69, 9.17) is 4.74 Å². The van der Waals surface area contributed by atoms with E-state index in [2.05, 4.69) is 20.6 Å². The standard InChI is InChI=1S/C22H17FN4O2S/c23-16-4-1-5-19(11-16)29-18-8-6-17(7-9-18)27-21(28)14-26-22-25-13-20(30-22)15-3-2-10-24-12-15/h1-13H,14H2,(H,25,26)(H,27,28). The maximum atomic E-state index is 13.2. The third kappa shape index (κ3) is 5.18. The minimum atomic E-state index is -0.364. The monoisotopic (exact) mass is 420 g/mol. The van der Waals surface area contributed by atoms with E-state index in [0.29, 0.717) is 22.3 Å². The lowest BCUT2D eigenvalue weighted by Gasteiger charge is -2.08. The summed E-state index contributed by atoms with van der Waals surface area (Å²) in [6, 6.07) is 16.6. The van der Waals surface area contributed by atoms with Gasteiger partial charge in [0.25, 0.3) is 0 Å². The Kier molecular flexibility index (Phi) is 5.95. The first kappa shape index (κ1) is 19.5. The Morgan fingerprint density at radius 3 is 2.67 bits per heavy atom. The predicted molar refractivity (Wildman–Crippen MR) is 115 cm³/mol. The number of halogens is 1. The fourth-order valence-corrected chi connectivity index (χ4v) is 3.43. The van der Waals surface area contributed by atoms with Crippen LogP contribution >= 0.6 is 11.3 Å². The largest absolute Gasteiger partial charge is 0.457 e. The minimum absolute atomic E-state index is 0.0849. The molecule has 0 saturated carbocycles. The number of thiazole rings is 1. The number of anilines is 2. The fourth-order valence-electron chi connectivity index (χ4n) is 2.63. The molecular formula is C22H17FN4O2S. The second-order valence-electron chi connectivity index (χ2n) is 6.26. The van der Waals surface area contributed by atoms with Crippen molar-refractivity contribution >= 4 is 28.1 Å². The lowest BCUT2D eigenvalue weighted by atomic mass is 10.3. The van der Waals surface area contributed by atoms with Crippen LogP contribution in [0.4, 0.5) is 15.2 Å². The molecule has 2 aromatic heterocycles. The van der Waals surface area contributed by atoms with Crippen molar-refractivity contribution in [3.05, 3.63) is 85.1 Å². The molecule has 30 heavy (non-hydrogen) atoms. The van der Waals surface area contributed by atoms with Crippen molar-refractivity contribution in [2.45, 2.75) is 0 Å². The van der Waals surface area contributed by atoms with Crippen molar-refractivity contribution in [3.63, 3.8) is 0 Å². The average Bonchev–Trinajstić information content (AvgIpc) is 3.24. The number of carbonyl (C=O) groups excluding carboxylic acids is 1. The molecule has 0 aliphatic rings. The van der Waals surface area contributed by atoms with Crippen LogP contribution in [-0.4, -0.2) is 22.4 Å². The number of hydrogen-bond acceptors (Lipinski definition) is 6. The number of nitrogens with zero attached hydrogens (tertiary/aromatic N) is 2. The molecule has 0 aliphatic heterocycles. The van der Waals surface area contributed by atoms with Crippen LogP contribution in [-0.2, 0) is 4.79 Å². The molecule has 0 bridgehead atoms. The van der Waals surface area contributed by atoms with Gasteiger partial charge >= 0.3 is 0 Å². The summed E-state index contributed by atoms with van der Waals surface area (Å²) in [7, 11) is 0. The Balaban J connectivity index is 1.28. The summed E-state index contributed by atoms with van der Waals surface area (Å²) in [5.74, 6) is 0.385. The summed E-state index contributed by atoms with van der Waals surface area (Å²) in [5, 5.41) is 6.48. The number of hydrogen-bond donors (Lipinski definition) is 2. The van der Waals surface area contributed by atoms with Gasteiger partial charge in [0.1, 0.15) is 17.3 Å². The molecule has 0 aliphatic carbocycles. The lowest BCUT2D eigenvalue weighted by Crippen LogP contribution is -2.21. The molecule has 0 radical (unpaired) electrons. The number of aromatic nitrogens is 2. The topological polar surface area (TPSA) is 76.1 Å². The van der Waals surface area contributed by atoms with Gasteiger partial charge in [0.15, 0.2) is 5.13 Å². The van der Waals surface area contributed by atoms with E-state index in [1.807, 2.05) is 12.1 Å². The number of carbonyl (C=O) groups is 1. The lowest BCUT2D eigenvalue weighted by molar-refractivity contribution is -0.114. The first-order chi connectivity index (χ1) is 14.7. The summed E-state index contributed by atoms with van der Waals surface area (Å²) < 4.78 is 18.8. The van der Waals surface area contributed by atoms with Crippen LogP contribution in [0.1, 0.15) is 0 Å². The Morgan fingerprint density at radius 1 is 1.03 bits per heavy atom. The van der Waals surface area contributed by atoms with E-state index in [9.17, 15) is 9.18 Å². The summed E-state index contributed by atoms with van der Waals surface area (Å²) in [6.45, 7) is 0.0849. The van der Waals surface area contributed by atoms with Gasteiger partial charge in [-0.1, -0.05) is 23.5 Å². The van der Waals surface area contributed by atoms with Crippen LogP contribution in [0.15, 0.2) is 79.3 Å². The summed E-state index contributed by atoms with van der Waals surface area (Å²) >= 11 is 1.45. The maximum Gasteiger partial charge on any atom is 0.243 e. The highest BCUT2D eigenvalue weighted by atomic mass is 32.1. The molecule has 2 N–H and O–H groups in total. The molecule has 0 spiro atoms. The molecule has 0 atom stereocenters. The van der Waals surface area contributed by atoms with Gasteiger partial charge in [-0.3, -0.25) is 9.78 Å². The average molecular weight is 420 g/mol. The second kappa shape index (κ2) is 9.15. The molecule has 0 saturated heterocycles. The summed E-state index contributed by atoms with van der Waals surface area (Å²) in [6.07, 6.45) is 5.24. The zero-order valence-corrected chi connectivity index (χ0v) is 16.5. The van der Waals surface area contributed by atoms with Crippen molar-refractivity contribution in [1.29, 1.82) is 0 Å². The van der Waals surface area contributed by atoms with E-state index in [1.165, 1.54) is 23.5 Å². The van der Waals surface area contributed by atoms with Gasteiger partial charge < -0.3 is 15.4 Å². The third-order valence-electron chi connectivity index (χ3n) is 4.02. The van der Waals surface area contributed by atoms with E-state index in [1.54, 1.807) is 55.0 Å². The molecule has 2 aromatic carbocycles. The van der Waals surface area contributed by atoms with Crippen LogP contribution in [0, 0.1) is 5.82 Å². The van der Waals surface area contributed by atoms with Crippen molar-refractivity contribution in [1.82, 2.24) is 9.97 Å². The number of ether oxygens (including phenoxy) is 1. The molecule has 1 amide bonds. The number of nitrogens with one attached hydrogen (secondary N) is 2. The molecule has 6 nitrogen and oxygen atoms in total. The molecule has 0 fully saturated rings. The Labute approximate surface area is 176 Å². The highest BCUT2D eigenvalue weighted by molar-refractivity contribution is 7.18. The number of rotatable bonds is 7. The number of pyridine rings is 1. The summed E-state index contributed by atoms with van der Waals surface area (Å²) in [4.78, 5) is 21.5. The van der Waals surface area contributed by atoms with Crippen molar-refractivity contribution in [2.75, 3.05) is 17.2 Å². The molecule has 2 heterocycles. The van der Waals surface area contributed by atoms with Gasteiger partial charge in [-0.05, 0) is 42.5 Å². The van der Waals surface area contributed by atoms with Gasteiger partial charge in [0.05, 0.1) is 11.4 Å². The molecule has 4 aromatic rings. The summed E-state index contributed by atoms with van der Waals surface area (Å²) in [5.41, 5.74) is 1.61. The van der Waals surface area contributed by atoms with E-state index < -0.39 is 0 Å². The van der Waals surface area contributed by atoms with Crippen LogP contribution in [0.5, 0.6) is 11.5 Å². The van der Waals surface area contributed by atoms with E-state index in [0.717, 1.165) is 10.4 Å². The minimum Gasteiger partial charge on any atom is -0.457 e. The van der Waals surface area contributed by atoms with Gasteiger partial charge in [-0.2, -0.15) is 0 Å². The Bertz CT molecular complexity index is 1130. The first-order valence-corrected chi connectivity index (χ1v) is 9.91. The fraction of sp³-hybridized carbons (Fsp3) is 0.0455. The predicted octanol–water partition coefficient (Wildman–Crippen LogP) is 5.19. The van der Waals surface area contributed by atoms with Gasteiger partial charge in [-0.25, -0.2) is 9.37 Å². The highest BCUT2D eigenvalue weighted by Gasteiger charge is 2.07. The first-order valence-electron chi connectivity index (χ1n) is 9.09. The molecule has 150 valence electrons. The smallest absolute Gasteiger partial charge is 0.243 e. The van der Waals surface area contributed by atoms with Crippen LogP contribution in [0.3, 0.4) is 0 Å².